The number of aliphatic imine (C=N–C) groups is 1. The summed E-state index contributed by atoms with van der Waals surface area (Å²) >= 11 is 1.38. The predicted octanol–water partition coefficient (Wildman–Crippen LogP) is 1.96. The number of rotatable bonds is 3. The number of carbonyl (C=O) groups excluding carboxylic acids is 2. The van der Waals surface area contributed by atoms with Gasteiger partial charge in [0, 0.05) is 25.2 Å². The number of hydrogen-bond donors (Lipinski definition) is 1. The quantitative estimate of drug-likeness (QED) is 0.905. The number of amides is 2. The average Bonchev–Trinajstić information content (AvgIpc) is 2.92. The maximum absolute atomic E-state index is 12.3. The number of aryl methyl sites for hydroxylation is 2. The van der Waals surface area contributed by atoms with E-state index in [2.05, 4.69) is 15.2 Å². The Hall–Kier alpha value is -1.86. The molecule has 0 radical (unpaired) electrons. The Kier molecular flexibility index (Phi) is 5.20. The first-order chi connectivity index (χ1) is 11.5. The van der Waals surface area contributed by atoms with Gasteiger partial charge in [0.15, 0.2) is 5.17 Å². The van der Waals surface area contributed by atoms with Gasteiger partial charge in [0.1, 0.15) is 5.25 Å². The molecular formula is C17H21N3O3S. The van der Waals surface area contributed by atoms with E-state index in [0.717, 1.165) is 29.9 Å². The molecule has 6 nitrogen and oxygen atoms in total. The summed E-state index contributed by atoms with van der Waals surface area (Å²) in [6, 6.07) is 5.91. The lowest BCUT2D eigenvalue weighted by molar-refractivity contribution is -0.121. The number of hydrogen-bond acceptors (Lipinski definition) is 5. The molecule has 2 aliphatic heterocycles. The molecular weight excluding hydrogens is 326 g/mol. The van der Waals surface area contributed by atoms with Crippen LogP contribution in [0, 0.1) is 13.8 Å². The van der Waals surface area contributed by atoms with Crippen molar-refractivity contribution in [1.82, 2.24) is 4.90 Å². The van der Waals surface area contributed by atoms with Crippen molar-refractivity contribution in [2.75, 3.05) is 31.6 Å². The van der Waals surface area contributed by atoms with Crippen LogP contribution in [0.2, 0.25) is 0 Å². The van der Waals surface area contributed by atoms with Gasteiger partial charge < -0.3 is 15.0 Å². The zero-order valence-electron chi connectivity index (χ0n) is 13.9. The number of nitrogens with one attached hydrogen (secondary N) is 1. The maximum atomic E-state index is 12.3. The lowest BCUT2D eigenvalue weighted by Crippen LogP contribution is -2.39. The first-order valence-electron chi connectivity index (χ1n) is 8.02. The largest absolute Gasteiger partial charge is 0.378 e. The fraction of sp³-hybridized carbons (Fsp3) is 0.471. The van der Waals surface area contributed by atoms with Gasteiger partial charge in [-0.15, -0.1) is 0 Å². The van der Waals surface area contributed by atoms with Crippen molar-refractivity contribution in [3.8, 4) is 0 Å². The molecule has 2 amide bonds. The van der Waals surface area contributed by atoms with Crippen LogP contribution in [0.15, 0.2) is 23.2 Å². The zero-order chi connectivity index (χ0) is 17.1. The number of carbonyl (C=O) groups is 2. The van der Waals surface area contributed by atoms with Crippen LogP contribution in [0.25, 0.3) is 0 Å². The first-order valence-corrected chi connectivity index (χ1v) is 8.90. The highest BCUT2D eigenvalue weighted by molar-refractivity contribution is 8.15. The fourth-order valence-electron chi connectivity index (χ4n) is 2.64. The Morgan fingerprint density at radius 3 is 2.88 bits per heavy atom. The second-order valence-electron chi connectivity index (χ2n) is 6.01. The lowest BCUT2D eigenvalue weighted by Gasteiger charge is -2.27. The topological polar surface area (TPSA) is 71.0 Å². The van der Waals surface area contributed by atoms with Crippen molar-refractivity contribution in [2.24, 2.45) is 4.99 Å². The van der Waals surface area contributed by atoms with E-state index in [4.69, 9.17) is 4.74 Å². The van der Waals surface area contributed by atoms with E-state index in [1.807, 2.05) is 32.0 Å². The summed E-state index contributed by atoms with van der Waals surface area (Å²) in [5.74, 6) is -0.384. The summed E-state index contributed by atoms with van der Waals surface area (Å²) in [7, 11) is 0. The van der Waals surface area contributed by atoms with Gasteiger partial charge in [-0.25, -0.2) is 0 Å². The van der Waals surface area contributed by atoms with Gasteiger partial charge in [0.05, 0.1) is 13.2 Å². The molecule has 1 unspecified atom stereocenters. The zero-order valence-corrected chi connectivity index (χ0v) is 14.7. The van der Waals surface area contributed by atoms with Crippen molar-refractivity contribution in [3.05, 3.63) is 29.3 Å². The molecule has 0 bridgehead atoms. The summed E-state index contributed by atoms with van der Waals surface area (Å²) in [5.41, 5.74) is 2.88. The summed E-state index contributed by atoms with van der Waals surface area (Å²) in [6.45, 7) is 6.69. The number of anilines is 1. The van der Waals surface area contributed by atoms with E-state index < -0.39 is 5.25 Å². The predicted molar refractivity (Wildman–Crippen MR) is 95.4 cm³/mol. The van der Waals surface area contributed by atoms with Gasteiger partial charge in [-0.1, -0.05) is 23.9 Å². The molecule has 1 aromatic carbocycles. The number of amidine groups is 1. The van der Waals surface area contributed by atoms with Gasteiger partial charge in [0.25, 0.3) is 5.91 Å². The van der Waals surface area contributed by atoms with Crippen molar-refractivity contribution < 1.29 is 14.3 Å². The molecule has 1 atom stereocenters. The van der Waals surface area contributed by atoms with Gasteiger partial charge in [-0.3, -0.25) is 9.59 Å². The molecule has 24 heavy (non-hydrogen) atoms. The normalized spacial score (nSPS) is 20.9. The summed E-state index contributed by atoms with van der Waals surface area (Å²) in [4.78, 5) is 30.6. The highest BCUT2D eigenvalue weighted by Gasteiger charge is 2.33. The van der Waals surface area contributed by atoms with Gasteiger partial charge in [0.2, 0.25) is 5.91 Å². The Bertz CT molecular complexity index is 684. The third-order valence-electron chi connectivity index (χ3n) is 4.05. The number of thioether (sulfide) groups is 1. The molecule has 1 aromatic rings. The summed E-state index contributed by atoms with van der Waals surface area (Å²) in [5, 5.41) is 3.18. The van der Waals surface area contributed by atoms with E-state index in [1.54, 1.807) is 0 Å². The molecule has 1 saturated heterocycles. The molecule has 0 spiro atoms. The monoisotopic (exact) mass is 347 g/mol. The van der Waals surface area contributed by atoms with E-state index in [0.29, 0.717) is 18.4 Å². The minimum absolute atomic E-state index is 0.133. The van der Waals surface area contributed by atoms with Crippen LogP contribution in [-0.2, 0) is 14.3 Å². The second-order valence-corrected chi connectivity index (χ2v) is 7.18. The van der Waals surface area contributed by atoms with Crippen LogP contribution in [0.1, 0.15) is 17.5 Å². The molecule has 0 aliphatic carbocycles. The summed E-state index contributed by atoms with van der Waals surface area (Å²) < 4.78 is 5.31. The number of nitrogens with zero attached hydrogens (tertiary/aromatic N) is 2. The first kappa shape index (κ1) is 17.0. The number of benzene rings is 1. The van der Waals surface area contributed by atoms with Crippen LogP contribution in [-0.4, -0.2) is 53.4 Å². The highest BCUT2D eigenvalue weighted by atomic mass is 32.2. The molecule has 0 saturated carbocycles. The van der Waals surface area contributed by atoms with Gasteiger partial charge in [-0.2, -0.15) is 4.99 Å². The fourth-order valence-corrected chi connectivity index (χ4v) is 3.76. The minimum atomic E-state index is -0.437. The molecule has 128 valence electrons. The maximum Gasteiger partial charge on any atom is 0.262 e. The van der Waals surface area contributed by atoms with E-state index in [9.17, 15) is 9.59 Å². The third-order valence-corrected chi connectivity index (χ3v) is 5.26. The second kappa shape index (κ2) is 7.36. The molecule has 3 rings (SSSR count). The third kappa shape index (κ3) is 3.96. The van der Waals surface area contributed by atoms with Gasteiger partial charge in [-0.05, 0) is 31.0 Å². The molecule has 1 fully saturated rings. The van der Waals surface area contributed by atoms with E-state index in [-0.39, 0.29) is 18.2 Å². The van der Waals surface area contributed by atoms with E-state index >= 15 is 0 Å². The summed E-state index contributed by atoms with van der Waals surface area (Å²) in [6.07, 6.45) is 0.133. The number of ether oxygens (including phenoxy) is 1. The number of morpholine rings is 1. The van der Waals surface area contributed by atoms with Crippen LogP contribution >= 0.6 is 11.8 Å². The lowest BCUT2D eigenvalue weighted by atomic mass is 10.1. The Balaban J connectivity index is 1.57. The molecule has 0 aromatic heterocycles. The highest BCUT2D eigenvalue weighted by Crippen LogP contribution is 2.28. The molecule has 7 heteroatoms. The van der Waals surface area contributed by atoms with Gasteiger partial charge >= 0.3 is 0 Å². The molecule has 1 N–H and O–H groups in total. The average molecular weight is 347 g/mol. The SMILES string of the molecule is Cc1ccc(C)c(NC(=O)CC2SC(N3CCOCC3)=NC2=O)c1. The molecule has 2 aliphatic rings. The minimum Gasteiger partial charge on any atom is -0.378 e. The Morgan fingerprint density at radius 1 is 1.38 bits per heavy atom. The van der Waals surface area contributed by atoms with Crippen LogP contribution in [0.3, 0.4) is 0 Å². The van der Waals surface area contributed by atoms with Crippen molar-refractivity contribution >= 4 is 34.4 Å². The Morgan fingerprint density at radius 2 is 2.12 bits per heavy atom. The van der Waals surface area contributed by atoms with Crippen LogP contribution < -0.4 is 5.32 Å². The van der Waals surface area contributed by atoms with Crippen molar-refractivity contribution in [2.45, 2.75) is 25.5 Å². The van der Waals surface area contributed by atoms with Crippen LogP contribution in [0.4, 0.5) is 5.69 Å². The molecule has 2 heterocycles. The van der Waals surface area contributed by atoms with Crippen molar-refractivity contribution in [3.63, 3.8) is 0 Å². The standard InChI is InChI=1S/C17H21N3O3S/c1-11-3-4-12(2)13(9-11)18-15(21)10-14-16(22)19-17(24-14)20-5-7-23-8-6-20/h3-4,9,14H,5-8,10H2,1-2H3,(H,18,21). The van der Waals surface area contributed by atoms with Crippen molar-refractivity contribution in [1.29, 1.82) is 0 Å². The smallest absolute Gasteiger partial charge is 0.262 e. The van der Waals surface area contributed by atoms with Crippen LogP contribution in [0.5, 0.6) is 0 Å². The van der Waals surface area contributed by atoms with E-state index in [1.165, 1.54) is 11.8 Å². The Labute approximate surface area is 145 Å².